The highest BCUT2D eigenvalue weighted by molar-refractivity contribution is 5.85. The molecule has 0 radical (unpaired) electrons. The number of aromatic nitrogens is 2. The molecule has 2 rings (SSSR count). The molecule has 0 spiro atoms. The first-order valence-corrected chi connectivity index (χ1v) is 7.79. The van der Waals surface area contributed by atoms with Crippen molar-refractivity contribution in [3.05, 3.63) is 36.2 Å². The van der Waals surface area contributed by atoms with E-state index in [0.29, 0.717) is 18.1 Å². The van der Waals surface area contributed by atoms with Crippen LogP contribution < -0.4 is 10.6 Å². The van der Waals surface area contributed by atoms with Gasteiger partial charge in [-0.25, -0.2) is 0 Å². The van der Waals surface area contributed by atoms with Gasteiger partial charge in [-0.2, -0.15) is 4.98 Å². The summed E-state index contributed by atoms with van der Waals surface area (Å²) in [6.45, 7) is 5.60. The summed E-state index contributed by atoms with van der Waals surface area (Å²) >= 11 is 0. The van der Waals surface area contributed by atoms with Crippen molar-refractivity contribution in [1.29, 1.82) is 0 Å². The quantitative estimate of drug-likeness (QED) is 0.840. The number of rotatable bonds is 6. The van der Waals surface area contributed by atoms with Crippen LogP contribution >= 0.6 is 0 Å². The van der Waals surface area contributed by atoms with Gasteiger partial charge in [0.05, 0.1) is 6.54 Å². The van der Waals surface area contributed by atoms with Gasteiger partial charge in [0, 0.05) is 23.9 Å². The molecule has 1 aromatic carbocycles. The molecule has 128 valence electrons. The number of carbonyl (C=O) groups is 2. The Hall–Kier alpha value is -2.70. The van der Waals surface area contributed by atoms with E-state index in [1.807, 2.05) is 51.1 Å². The molecule has 2 amide bonds. The third-order valence-corrected chi connectivity index (χ3v) is 3.03. The molecule has 0 bridgehead atoms. The first-order valence-electron chi connectivity index (χ1n) is 7.79. The lowest BCUT2D eigenvalue weighted by Crippen LogP contribution is -2.45. The average molecular weight is 330 g/mol. The summed E-state index contributed by atoms with van der Waals surface area (Å²) in [7, 11) is 0. The van der Waals surface area contributed by atoms with Crippen LogP contribution in [0.2, 0.25) is 0 Å². The Labute approximate surface area is 140 Å². The number of amides is 2. The fourth-order valence-corrected chi connectivity index (χ4v) is 2.01. The fourth-order valence-electron chi connectivity index (χ4n) is 2.01. The predicted molar refractivity (Wildman–Crippen MR) is 89.0 cm³/mol. The maximum atomic E-state index is 11.8. The molecular weight excluding hydrogens is 308 g/mol. The van der Waals surface area contributed by atoms with Crippen LogP contribution in [0.5, 0.6) is 0 Å². The summed E-state index contributed by atoms with van der Waals surface area (Å²) in [5, 5.41) is 9.25. The summed E-state index contributed by atoms with van der Waals surface area (Å²) in [4.78, 5) is 27.7. The molecule has 0 aliphatic heterocycles. The maximum Gasteiger partial charge on any atom is 0.239 e. The van der Waals surface area contributed by atoms with Crippen molar-refractivity contribution in [3.8, 4) is 11.4 Å². The van der Waals surface area contributed by atoms with Gasteiger partial charge in [0.2, 0.25) is 23.5 Å². The van der Waals surface area contributed by atoms with E-state index in [9.17, 15) is 9.59 Å². The van der Waals surface area contributed by atoms with E-state index in [0.717, 1.165) is 5.56 Å². The third-order valence-electron chi connectivity index (χ3n) is 3.03. The van der Waals surface area contributed by atoms with Crippen molar-refractivity contribution < 1.29 is 14.1 Å². The Morgan fingerprint density at radius 2 is 1.83 bits per heavy atom. The topological polar surface area (TPSA) is 97.1 Å². The van der Waals surface area contributed by atoms with Crippen LogP contribution in [0.15, 0.2) is 34.9 Å². The zero-order chi connectivity index (χ0) is 17.6. The lowest BCUT2D eigenvalue weighted by molar-refractivity contribution is -0.126. The highest BCUT2D eigenvalue weighted by Gasteiger charge is 2.15. The van der Waals surface area contributed by atoms with E-state index in [1.54, 1.807) is 0 Å². The Morgan fingerprint density at radius 1 is 1.12 bits per heavy atom. The summed E-state index contributed by atoms with van der Waals surface area (Å²) in [5.74, 6) is 0.428. The minimum absolute atomic E-state index is 0.0464. The minimum Gasteiger partial charge on any atom is -0.350 e. The van der Waals surface area contributed by atoms with Crippen LogP contribution in [0.3, 0.4) is 0 Å². The van der Waals surface area contributed by atoms with Gasteiger partial charge in [0.15, 0.2) is 0 Å². The van der Waals surface area contributed by atoms with Crippen LogP contribution in [0.4, 0.5) is 0 Å². The molecule has 0 aliphatic rings. The Morgan fingerprint density at radius 3 is 2.50 bits per heavy atom. The van der Waals surface area contributed by atoms with E-state index in [4.69, 9.17) is 4.52 Å². The van der Waals surface area contributed by atoms with Gasteiger partial charge in [-0.15, -0.1) is 0 Å². The van der Waals surface area contributed by atoms with Crippen molar-refractivity contribution in [2.45, 2.75) is 39.2 Å². The van der Waals surface area contributed by atoms with E-state index < -0.39 is 0 Å². The standard InChI is InChI=1S/C17H22N4O3/c1-17(2,3)20-14(23)11-18-13(22)9-10-15-19-16(21-24-15)12-7-5-4-6-8-12/h4-8H,9-11H2,1-3H3,(H,18,22)(H,20,23). The molecule has 1 heterocycles. The zero-order valence-electron chi connectivity index (χ0n) is 14.1. The minimum atomic E-state index is -0.320. The maximum absolute atomic E-state index is 11.8. The molecule has 0 fully saturated rings. The normalized spacial score (nSPS) is 11.1. The first kappa shape index (κ1) is 17.7. The summed E-state index contributed by atoms with van der Waals surface area (Å²) < 4.78 is 5.14. The Kier molecular flexibility index (Phi) is 5.68. The van der Waals surface area contributed by atoms with Crippen LogP contribution in [-0.4, -0.2) is 34.0 Å². The largest absolute Gasteiger partial charge is 0.350 e. The van der Waals surface area contributed by atoms with E-state index >= 15 is 0 Å². The van der Waals surface area contributed by atoms with Gasteiger partial charge >= 0.3 is 0 Å². The molecule has 1 aromatic heterocycles. The second-order valence-corrected chi connectivity index (χ2v) is 6.45. The summed E-state index contributed by atoms with van der Waals surface area (Å²) in [6, 6.07) is 9.46. The van der Waals surface area contributed by atoms with Crippen LogP contribution in [0.25, 0.3) is 11.4 Å². The van der Waals surface area contributed by atoms with Gasteiger partial charge < -0.3 is 15.2 Å². The molecular formula is C17H22N4O3. The molecule has 0 aliphatic carbocycles. The van der Waals surface area contributed by atoms with Crippen molar-refractivity contribution in [1.82, 2.24) is 20.8 Å². The average Bonchev–Trinajstić information content (AvgIpc) is 2.99. The van der Waals surface area contributed by atoms with Crippen molar-refractivity contribution in [2.75, 3.05) is 6.54 Å². The van der Waals surface area contributed by atoms with E-state index in [-0.39, 0.29) is 30.3 Å². The molecule has 0 saturated carbocycles. The monoisotopic (exact) mass is 330 g/mol. The zero-order valence-corrected chi connectivity index (χ0v) is 14.1. The smallest absolute Gasteiger partial charge is 0.239 e. The molecule has 0 unspecified atom stereocenters. The number of aryl methyl sites for hydroxylation is 1. The lowest BCUT2D eigenvalue weighted by atomic mass is 10.1. The number of nitrogens with one attached hydrogen (secondary N) is 2. The highest BCUT2D eigenvalue weighted by Crippen LogP contribution is 2.15. The van der Waals surface area contributed by atoms with Crippen LogP contribution in [0.1, 0.15) is 33.1 Å². The van der Waals surface area contributed by atoms with Crippen molar-refractivity contribution in [2.24, 2.45) is 0 Å². The fraction of sp³-hybridized carbons (Fsp3) is 0.412. The van der Waals surface area contributed by atoms with E-state index in [1.165, 1.54) is 0 Å². The number of benzene rings is 1. The number of hydrogen-bond donors (Lipinski definition) is 2. The molecule has 7 nitrogen and oxygen atoms in total. The third kappa shape index (κ3) is 5.83. The number of nitrogens with zero attached hydrogens (tertiary/aromatic N) is 2. The summed E-state index contributed by atoms with van der Waals surface area (Å²) in [5.41, 5.74) is 0.537. The molecule has 2 N–H and O–H groups in total. The molecule has 0 atom stereocenters. The summed E-state index contributed by atoms with van der Waals surface area (Å²) in [6.07, 6.45) is 0.506. The van der Waals surface area contributed by atoms with Gasteiger partial charge in [-0.05, 0) is 20.8 Å². The highest BCUT2D eigenvalue weighted by atomic mass is 16.5. The number of hydrogen-bond acceptors (Lipinski definition) is 5. The second-order valence-electron chi connectivity index (χ2n) is 6.45. The van der Waals surface area contributed by atoms with Gasteiger partial charge in [-0.1, -0.05) is 35.5 Å². The SMILES string of the molecule is CC(C)(C)NC(=O)CNC(=O)CCc1nc(-c2ccccc2)no1. The van der Waals surface area contributed by atoms with Crippen molar-refractivity contribution >= 4 is 11.8 Å². The van der Waals surface area contributed by atoms with Gasteiger partial charge in [-0.3, -0.25) is 9.59 Å². The first-order chi connectivity index (χ1) is 11.3. The van der Waals surface area contributed by atoms with Crippen LogP contribution in [0, 0.1) is 0 Å². The Bertz CT molecular complexity index is 689. The number of carbonyl (C=O) groups excluding carboxylic acids is 2. The second kappa shape index (κ2) is 7.72. The van der Waals surface area contributed by atoms with Gasteiger partial charge in [0.25, 0.3) is 0 Å². The van der Waals surface area contributed by atoms with Crippen molar-refractivity contribution in [3.63, 3.8) is 0 Å². The predicted octanol–water partition coefficient (Wildman–Crippen LogP) is 1.70. The Balaban J connectivity index is 1.76. The molecule has 7 heteroatoms. The molecule has 24 heavy (non-hydrogen) atoms. The molecule has 2 aromatic rings. The lowest BCUT2D eigenvalue weighted by Gasteiger charge is -2.20. The van der Waals surface area contributed by atoms with Crippen LogP contribution in [-0.2, 0) is 16.0 Å². The van der Waals surface area contributed by atoms with Gasteiger partial charge in [0.1, 0.15) is 0 Å². The molecule has 0 saturated heterocycles. The van der Waals surface area contributed by atoms with E-state index in [2.05, 4.69) is 20.8 Å².